The lowest BCUT2D eigenvalue weighted by Crippen LogP contribution is -2.39. The number of ether oxygens (including phenoxy) is 2. The summed E-state index contributed by atoms with van der Waals surface area (Å²) in [6.07, 6.45) is 3.21. The Labute approximate surface area is 105 Å². The molecule has 7 heteroatoms. The van der Waals surface area contributed by atoms with Gasteiger partial charge in [0.2, 0.25) is 0 Å². The first-order valence-electron chi connectivity index (χ1n) is 5.99. The number of nitrogens with two attached hydrogens (primary N) is 1. The number of carbonyl (C=O) groups is 1. The van der Waals surface area contributed by atoms with Gasteiger partial charge in [0.15, 0.2) is 0 Å². The molecule has 100 valence electrons. The van der Waals surface area contributed by atoms with Gasteiger partial charge in [-0.2, -0.15) is 0 Å². The average molecular weight is 254 g/mol. The number of rotatable bonds is 5. The zero-order valence-electron chi connectivity index (χ0n) is 10.2. The predicted octanol–water partition coefficient (Wildman–Crippen LogP) is -1.01. The van der Waals surface area contributed by atoms with Gasteiger partial charge in [0.25, 0.3) is 5.91 Å². The molecule has 1 atom stereocenters. The third kappa shape index (κ3) is 3.52. The van der Waals surface area contributed by atoms with E-state index in [0.29, 0.717) is 45.1 Å². The quantitative estimate of drug-likeness (QED) is 0.702. The second-order valence-electron chi connectivity index (χ2n) is 4.06. The number of hydrogen-bond donors (Lipinski definition) is 2. The van der Waals surface area contributed by atoms with Crippen LogP contribution in [-0.2, 0) is 16.0 Å². The van der Waals surface area contributed by atoms with Crippen molar-refractivity contribution in [3.8, 4) is 0 Å². The maximum absolute atomic E-state index is 11.8. The number of aromatic nitrogens is 2. The molecule has 0 bridgehead atoms. The summed E-state index contributed by atoms with van der Waals surface area (Å²) in [7, 11) is 0. The van der Waals surface area contributed by atoms with Gasteiger partial charge in [-0.15, -0.1) is 0 Å². The molecule has 0 aromatic carbocycles. The zero-order valence-corrected chi connectivity index (χ0v) is 10.2. The molecule has 1 amide bonds. The Morgan fingerprint density at radius 3 is 3.22 bits per heavy atom. The van der Waals surface area contributed by atoms with E-state index in [9.17, 15) is 4.79 Å². The minimum atomic E-state index is -0.208. The Balaban J connectivity index is 1.79. The van der Waals surface area contributed by atoms with E-state index in [0.717, 1.165) is 0 Å². The van der Waals surface area contributed by atoms with Gasteiger partial charge in [0, 0.05) is 25.8 Å². The Kier molecular flexibility index (Phi) is 4.68. The first-order chi connectivity index (χ1) is 8.79. The van der Waals surface area contributed by atoms with E-state index in [1.165, 1.54) is 0 Å². The van der Waals surface area contributed by atoms with Crippen molar-refractivity contribution in [3.63, 3.8) is 0 Å². The van der Waals surface area contributed by atoms with Crippen molar-refractivity contribution in [3.05, 3.63) is 18.2 Å². The second kappa shape index (κ2) is 6.48. The number of amides is 1. The van der Waals surface area contributed by atoms with Gasteiger partial charge in [-0.25, -0.2) is 4.98 Å². The molecule has 1 fully saturated rings. The molecule has 7 nitrogen and oxygen atoms in total. The summed E-state index contributed by atoms with van der Waals surface area (Å²) in [5, 5.41) is 2.77. The molecule has 1 saturated heterocycles. The predicted molar refractivity (Wildman–Crippen MR) is 64.2 cm³/mol. The fraction of sp³-hybridized carbons (Fsp3) is 0.636. The number of imidazole rings is 1. The lowest BCUT2D eigenvalue weighted by Gasteiger charge is -2.22. The van der Waals surface area contributed by atoms with Crippen molar-refractivity contribution >= 4 is 5.91 Å². The molecule has 1 aromatic rings. The summed E-state index contributed by atoms with van der Waals surface area (Å²) in [6, 6.07) is 0. The van der Waals surface area contributed by atoms with Crippen LogP contribution in [-0.4, -0.2) is 54.5 Å². The maximum atomic E-state index is 11.8. The first kappa shape index (κ1) is 13.0. The molecular weight excluding hydrogens is 236 g/mol. The highest BCUT2D eigenvalue weighted by Gasteiger charge is 2.16. The minimum absolute atomic E-state index is 0.0752. The van der Waals surface area contributed by atoms with Crippen LogP contribution in [0.5, 0.6) is 0 Å². The van der Waals surface area contributed by atoms with E-state index in [-0.39, 0.29) is 12.0 Å². The fourth-order valence-corrected chi connectivity index (χ4v) is 1.70. The van der Waals surface area contributed by atoms with Crippen molar-refractivity contribution in [1.29, 1.82) is 0 Å². The number of nitrogens with zero attached hydrogens (tertiary/aromatic N) is 2. The van der Waals surface area contributed by atoms with E-state index < -0.39 is 0 Å². The highest BCUT2D eigenvalue weighted by atomic mass is 16.6. The smallest absolute Gasteiger partial charge is 0.271 e. The number of carbonyl (C=O) groups excluding carboxylic acids is 1. The van der Waals surface area contributed by atoms with Crippen LogP contribution < -0.4 is 11.1 Å². The third-order valence-electron chi connectivity index (χ3n) is 2.63. The van der Waals surface area contributed by atoms with Gasteiger partial charge in [0.05, 0.1) is 32.3 Å². The summed E-state index contributed by atoms with van der Waals surface area (Å²) in [6.45, 7) is 3.31. The minimum Gasteiger partial charge on any atom is -0.376 e. The number of hydrogen-bond acceptors (Lipinski definition) is 5. The lowest BCUT2D eigenvalue weighted by molar-refractivity contribution is -0.0855. The molecule has 0 radical (unpaired) electrons. The van der Waals surface area contributed by atoms with Gasteiger partial charge in [-0.05, 0) is 0 Å². The Bertz CT molecular complexity index is 387. The summed E-state index contributed by atoms with van der Waals surface area (Å²) in [4.78, 5) is 15.8. The van der Waals surface area contributed by atoms with E-state index in [4.69, 9.17) is 15.2 Å². The summed E-state index contributed by atoms with van der Waals surface area (Å²) in [5.74, 6) is -0.208. The largest absolute Gasteiger partial charge is 0.376 e. The molecule has 1 unspecified atom stereocenters. The standard InChI is InChI=1S/C11H18N4O3/c12-1-2-15-6-10(14-8-15)11(16)13-5-9-7-17-3-4-18-9/h6,8-9H,1-5,7,12H2,(H,13,16). The summed E-state index contributed by atoms with van der Waals surface area (Å²) >= 11 is 0. The van der Waals surface area contributed by atoms with Crippen LogP contribution in [0.15, 0.2) is 12.5 Å². The average Bonchev–Trinajstić information content (AvgIpc) is 2.86. The van der Waals surface area contributed by atoms with E-state index in [1.54, 1.807) is 17.1 Å². The fourth-order valence-electron chi connectivity index (χ4n) is 1.70. The normalized spacial score (nSPS) is 19.7. The zero-order chi connectivity index (χ0) is 12.8. The topological polar surface area (TPSA) is 91.4 Å². The van der Waals surface area contributed by atoms with Crippen molar-refractivity contribution in [2.24, 2.45) is 5.73 Å². The molecule has 1 aliphatic rings. The highest BCUT2D eigenvalue weighted by molar-refractivity contribution is 5.92. The summed E-state index contributed by atoms with van der Waals surface area (Å²) in [5.41, 5.74) is 5.81. The van der Waals surface area contributed by atoms with Gasteiger partial charge in [-0.1, -0.05) is 0 Å². The highest BCUT2D eigenvalue weighted by Crippen LogP contribution is 2.00. The second-order valence-corrected chi connectivity index (χ2v) is 4.06. The molecule has 0 saturated carbocycles. The van der Waals surface area contributed by atoms with Gasteiger partial charge in [-0.3, -0.25) is 4.79 Å². The van der Waals surface area contributed by atoms with E-state index in [1.807, 2.05) is 0 Å². The molecule has 3 N–H and O–H groups in total. The van der Waals surface area contributed by atoms with Crippen molar-refractivity contribution < 1.29 is 14.3 Å². The van der Waals surface area contributed by atoms with Crippen LogP contribution in [0, 0.1) is 0 Å². The molecular formula is C11H18N4O3. The van der Waals surface area contributed by atoms with Crippen LogP contribution in [0.25, 0.3) is 0 Å². The molecule has 0 spiro atoms. The molecule has 1 aromatic heterocycles. The van der Waals surface area contributed by atoms with Crippen LogP contribution in [0.1, 0.15) is 10.5 Å². The monoisotopic (exact) mass is 254 g/mol. The Hall–Kier alpha value is -1.44. The Morgan fingerprint density at radius 2 is 2.50 bits per heavy atom. The molecule has 18 heavy (non-hydrogen) atoms. The van der Waals surface area contributed by atoms with E-state index >= 15 is 0 Å². The first-order valence-corrected chi connectivity index (χ1v) is 5.99. The maximum Gasteiger partial charge on any atom is 0.271 e. The third-order valence-corrected chi connectivity index (χ3v) is 2.63. The van der Waals surface area contributed by atoms with Crippen LogP contribution >= 0.6 is 0 Å². The van der Waals surface area contributed by atoms with Gasteiger partial charge < -0.3 is 25.1 Å². The molecule has 2 rings (SSSR count). The molecule has 1 aliphatic heterocycles. The van der Waals surface area contributed by atoms with Gasteiger partial charge in [0.1, 0.15) is 5.69 Å². The Morgan fingerprint density at radius 1 is 1.61 bits per heavy atom. The molecule has 0 aliphatic carbocycles. The van der Waals surface area contributed by atoms with Crippen molar-refractivity contribution in [2.45, 2.75) is 12.6 Å². The lowest BCUT2D eigenvalue weighted by atomic mass is 10.3. The molecule has 2 heterocycles. The van der Waals surface area contributed by atoms with Crippen LogP contribution in [0.3, 0.4) is 0 Å². The number of nitrogens with one attached hydrogen (secondary N) is 1. The van der Waals surface area contributed by atoms with Crippen LogP contribution in [0.2, 0.25) is 0 Å². The SMILES string of the molecule is NCCn1cnc(C(=O)NCC2COCCO2)c1. The van der Waals surface area contributed by atoms with Crippen molar-refractivity contribution in [1.82, 2.24) is 14.9 Å². The van der Waals surface area contributed by atoms with Gasteiger partial charge >= 0.3 is 0 Å². The van der Waals surface area contributed by atoms with E-state index in [2.05, 4.69) is 10.3 Å². The van der Waals surface area contributed by atoms with Crippen molar-refractivity contribution in [2.75, 3.05) is 32.9 Å². The summed E-state index contributed by atoms with van der Waals surface area (Å²) < 4.78 is 12.5. The van der Waals surface area contributed by atoms with Crippen LogP contribution in [0.4, 0.5) is 0 Å².